The summed E-state index contributed by atoms with van der Waals surface area (Å²) in [6.07, 6.45) is 5.78. The van der Waals surface area contributed by atoms with E-state index in [0.29, 0.717) is 5.69 Å². The van der Waals surface area contributed by atoms with E-state index in [-0.39, 0.29) is 4.90 Å². The summed E-state index contributed by atoms with van der Waals surface area (Å²) >= 11 is 0. The average molecular weight is 450 g/mol. The zero-order chi connectivity index (χ0) is 23.1. The number of fused-ring (bicyclic) bond motifs is 2. The van der Waals surface area contributed by atoms with Crippen LogP contribution < -0.4 is 10.9 Å². The van der Waals surface area contributed by atoms with Crippen molar-refractivity contribution < 1.29 is 8.42 Å². The Morgan fingerprint density at radius 3 is 1.81 bits per heavy atom. The van der Waals surface area contributed by atoms with Crippen LogP contribution in [-0.4, -0.2) is 34.0 Å². The fraction of sp³-hybridized carbons (Fsp3) is 0.231. The maximum absolute atomic E-state index is 10.7. The van der Waals surface area contributed by atoms with Crippen LogP contribution in [0.15, 0.2) is 83.8 Å². The zero-order valence-electron chi connectivity index (χ0n) is 18.7. The third kappa shape index (κ3) is 6.29. The molecular formula is C26H31N3O2S. The summed E-state index contributed by atoms with van der Waals surface area (Å²) in [5.41, 5.74) is 13.1. The zero-order valence-corrected chi connectivity index (χ0v) is 19.5. The van der Waals surface area contributed by atoms with Gasteiger partial charge in [0.05, 0.1) is 4.90 Å². The predicted molar refractivity (Wildman–Crippen MR) is 133 cm³/mol. The van der Waals surface area contributed by atoms with Gasteiger partial charge >= 0.3 is 0 Å². The van der Waals surface area contributed by atoms with Crippen molar-refractivity contribution in [1.29, 1.82) is 0 Å². The van der Waals surface area contributed by atoms with Gasteiger partial charge in [0.2, 0.25) is 10.0 Å². The molecule has 0 aromatic heterocycles. The van der Waals surface area contributed by atoms with E-state index in [4.69, 9.17) is 10.9 Å². The molecule has 0 saturated heterocycles. The molecule has 0 fully saturated rings. The Morgan fingerprint density at radius 1 is 0.844 bits per heavy atom. The molecule has 1 aliphatic carbocycles. The summed E-state index contributed by atoms with van der Waals surface area (Å²) in [5, 5.41) is 4.84. The standard InChI is InChI=1S/C20H23N.C6H8N2O2S/c1-21(2)15-7-12-20-18-10-5-3-8-16(18)13-14-17-9-4-6-11-19(17)20;7-5-1-3-6(4-2-5)11(8,9)10/h3-6,8-12H,7,13-15H2,1-2H3;1-4H,7H2,(H2,8,9,10). The van der Waals surface area contributed by atoms with Crippen LogP contribution in [-0.2, 0) is 22.9 Å². The highest BCUT2D eigenvalue weighted by molar-refractivity contribution is 7.89. The number of anilines is 1. The van der Waals surface area contributed by atoms with Crippen LogP contribution in [0.3, 0.4) is 0 Å². The van der Waals surface area contributed by atoms with Crippen molar-refractivity contribution in [2.24, 2.45) is 5.14 Å². The minimum absolute atomic E-state index is 0.0756. The molecule has 0 saturated carbocycles. The molecule has 32 heavy (non-hydrogen) atoms. The van der Waals surface area contributed by atoms with Crippen molar-refractivity contribution in [3.8, 4) is 0 Å². The number of rotatable bonds is 4. The number of hydrogen-bond acceptors (Lipinski definition) is 4. The van der Waals surface area contributed by atoms with Crippen molar-refractivity contribution in [2.45, 2.75) is 24.2 Å². The molecule has 3 aromatic carbocycles. The van der Waals surface area contributed by atoms with Crippen molar-refractivity contribution in [1.82, 2.24) is 4.90 Å². The van der Waals surface area contributed by atoms with Gasteiger partial charge in [-0.15, -0.1) is 0 Å². The monoisotopic (exact) mass is 449 g/mol. The maximum Gasteiger partial charge on any atom is 0.238 e. The number of nitrogen functional groups attached to an aromatic ring is 1. The molecule has 0 bridgehead atoms. The Kier molecular flexibility index (Phi) is 7.85. The second-order valence-corrected chi connectivity index (χ2v) is 9.70. The lowest BCUT2D eigenvalue weighted by molar-refractivity contribution is 0.417. The topological polar surface area (TPSA) is 89.4 Å². The van der Waals surface area contributed by atoms with Crippen molar-refractivity contribution >= 4 is 21.3 Å². The van der Waals surface area contributed by atoms with Crippen LogP contribution in [0.4, 0.5) is 5.69 Å². The van der Waals surface area contributed by atoms with E-state index in [1.54, 1.807) is 0 Å². The first-order chi connectivity index (χ1) is 15.3. The number of aryl methyl sites for hydroxylation is 2. The minimum Gasteiger partial charge on any atom is -0.399 e. The first-order valence-electron chi connectivity index (χ1n) is 10.7. The van der Waals surface area contributed by atoms with Gasteiger partial charge in [-0.1, -0.05) is 54.6 Å². The van der Waals surface area contributed by atoms with Gasteiger partial charge in [-0.05, 0) is 85.5 Å². The van der Waals surface area contributed by atoms with Gasteiger partial charge in [0.25, 0.3) is 0 Å². The van der Waals surface area contributed by atoms with Crippen molar-refractivity contribution in [3.63, 3.8) is 0 Å². The second-order valence-electron chi connectivity index (χ2n) is 8.14. The Hall–Kier alpha value is -2.93. The SMILES string of the molecule is CN(C)CCC=C1c2ccccc2CCc2ccccc21.Nc1ccc(S(N)(=O)=O)cc1. The van der Waals surface area contributed by atoms with Gasteiger partial charge in [0, 0.05) is 12.2 Å². The highest BCUT2D eigenvalue weighted by Crippen LogP contribution is 2.33. The van der Waals surface area contributed by atoms with Crippen molar-refractivity contribution in [3.05, 3.63) is 101 Å². The summed E-state index contributed by atoms with van der Waals surface area (Å²) in [6.45, 7) is 1.09. The molecule has 168 valence electrons. The molecule has 0 heterocycles. The number of nitrogens with two attached hydrogens (primary N) is 2. The number of hydrogen-bond donors (Lipinski definition) is 2. The third-order valence-electron chi connectivity index (χ3n) is 5.41. The Labute approximate surface area is 191 Å². The lowest BCUT2D eigenvalue weighted by Crippen LogP contribution is -2.12. The smallest absolute Gasteiger partial charge is 0.238 e. The van der Waals surface area contributed by atoms with E-state index < -0.39 is 10.0 Å². The van der Waals surface area contributed by atoms with Gasteiger partial charge in [0.15, 0.2) is 0 Å². The second kappa shape index (κ2) is 10.6. The quantitative estimate of drug-likeness (QED) is 0.587. The molecule has 6 heteroatoms. The normalized spacial score (nSPS) is 12.8. The van der Waals surface area contributed by atoms with Gasteiger partial charge in [-0.3, -0.25) is 0 Å². The van der Waals surface area contributed by atoms with Gasteiger partial charge in [-0.25, -0.2) is 13.6 Å². The van der Waals surface area contributed by atoms with Crippen LogP contribution in [0, 0.1) is 0 Å². The Bertz CT molecular complexity index is 1130. The fourth-order valence-electron chi connectivity index (χ4n) is 3.76. The number of benzene rings is 3. The van der Waals surface area contributed by atoms with Gasteiger partial charge in [-0.2, -0.15) is 0 Å². The van der Waals surface area contributed by atoms with Crippen LogP contribution in [0.1, 0.15) is 28.7 Å². The molecule has 0 atom stereocenters. The Balaban J connectivity index is 0.000000222. The van der Waals surface area contributed by atoms with Crippen molar-refractivity contribution in [2.75, 3.05) is 26.4 Å². The molecule has 0 unspecified atom stereocenters. The lowest BCUT2D eigenvalue weighted by atomic mass is 9.93. The summed E-state index contributed by atoms with van der Waals surface area (Å²) < 4.78 is 21.4. The van der Waals surface area contributed by atoms with Crippen LogP contribution in [0.5, 0.6) is 0 Å². The van der Waals surface area contributed by atoms with E-state index in [9.17, 15) is 8.42 Å². The van der Waals surface area contributed by atoms with E-state index in [2.05, 4.69) is 73.6 Å². The first kappa shape index (κ1) is 23.7. The number of primary sulfonamides is 1. The molecule has 1 aliphatic rings. The summed E-state index contributed by atoms with van der Waals surface area (Å²) in [7, 11) is 0.690. The van der Waals surface area contributed by atoms with E-state index in [1.165, 1.54) is 52.1 Å². The number of sulfonamides is 1. The maximum atomic E-state index is 10.7. The van der Waals surface area contributed by atoms with Gasteiger partial charge in [0.1, 0.15) is 0 Å². The number of nitrogens with zero attached hydrogens (tertiary/aromatic N) is 1. The highest BCUT2D eigenvalue weighted by atomic mass is 32.2. The largest absolute Gasteiger partial charge is 0.399 e. The minimum atomic E-state index is -3.58. The molecule has 0 aliphatic heterocycles. The molecule has 0 amide bonds. The van der Waals surface area contributed by atoms with E-state index >= 15 is 0 Å². The summed E-state index contributed by atoms with van der Waals surface area (Å²) in [4.78, 5) is 2.32. The predicted octanol–water partition coefficient (Wildman–Crippen LogP) is 4.08. The molecule has 0 spiro atoms. The van der Waals surface area contributed by atoms with Gasteiger partial charge < -0.3 is 10.6 Å². The molecule has 5 nitrogen and oxygen atoms in total. The Morgan fingerprint density at radius 2 is 1.34 bits per heavy atom. The average Bonchev–Trinajstić information content (AvgIpc) is 2.91. The fourth-order valence-corrected chi connectivity index (χ4v) is 4.28. The van der Waals surface area contributed by atoms with E-state index in [0.717, 1.165) is 25.8 Å². The highest BCUT2D eigenvalue weighted by Gasteiger charge is 2.16. The molecule has 0 radical (unpaired) electrons. The third-order valence-corrected chi connectivity index (χ3v) is 6.34. The molecular weight excluding hydrogens is 418 g/mol. The van der Waals surface area contributed by atoms with Crippen LogP contribution in [0.25, 0.3) is 5.57 Å². The summed E-state index contributed by atoms with van der Waals surface area (Å²) in [6, 6.07) is 23.5. The first-order valence-corrected chi connectivity index (χ1v) is 12.2. The molecule has 4 rings (SSSR count). The summed E-state index contributed by atoms with van der Waals surface area (Å²) in [5.74, 6) is 0. The lowest BCUT2D eigenvalue weighted by Gasteiger charge is -2.13. The molecule has 4 N–H and O–H groups in total. The van der Waals surface area contributed by atoms with Crippen LogP contribution >= 0.6 is 0 Å². The van der Waals surface area contributed by atoms with E-state index in [1.807, 2.05) is 0 Å². The van der Waals surface area contributed by atoms with Crippen LogP contribution in [0.2, 0.25) is 0 Å². The molecule has 3 aromatic rings.